The molecule has 0 aromatic heterocycles. The van der Waals surface area contributed by atoms with E-state index in [1.807, 2.05) is 48.5 Å². The zero-order valence-electron chi connectivity index (χ0n) is 20.2. The van der Waals surface area contributed by atoms with Crippen LogP contribution in [0.15, 0.2) is 54.6 Å². The molecule has 160 valence electrons. The van der Waals surface area contributed by atoms with Crippen molar-refractivity contribution >= 4 is 16.4 Å². The molecule has 2 aromatic rings. The molecule has 2 aromatic carbocycles. The lowest BCUT2D eigenvalue weighted by atomic mass is 10.0. The molecule has 2 rings (SSSR count). The van der Waals surface area contributed by atoms with Gasteiger partial charge in [0.05, 0.1) is 0 Å². The lowest BCUT2D eigenvalue weighted by Gasteiger charge is -2.38. The van der Waals surface area contributed by atoms with Gasteiger partial charge in [-0.15, -0.1) is 5.54 Å². The first-order valence-corrected chi connectivity index (χ1v) is 17.2. The molecule has 0 radical (unpaired) electrons. The maximum atomic E-state index is 6.75. The third-order valence-corrected chi connectivity index (χ3v) is 10.6. The van der Waals surface area contributed by atoms with Crippen LogP contribution in [0.5, 0.6) is 0 Å². The van der Waals surface area contributed by atoms with E-state index in [4.69, 9.17) is 4.43 Å². The number of hydrogen-bond acceptors (Lipinski definition) is 1. The van der Waals surface area contributed by atoms with Gasteiger partial charge in [-0.25, -0.2) is 0 Å². The highest BCUT2D eigenvalue weighted by molar-refractivity contribution is 6.83. The first kappa shape index (κ1) is 24.8. The van der Waals surface area contributed by atoms with Crippen LogP contribution >= 0.6 is 0 Å². The zero-order valence-corrected chi connectivity index (χ0v) is 22.2. The van der Waals surface area contributed by atoms with E-state index >= 15 is 0 Å². The van der Waals surface area contributed by atoms with Crippen LogP contribution < -0.4 is 0 Å². The molecule has 0 aliphatic rings. The highest BCUT2D eigenvalue weighted by Gasteiger charge is 2.39. The lowest BCUT2D eigenvalue weighted by molar-refractivity contribution is 0.238. The molecular formula is C28H34OSi2. The molecule has 0 bridgehead atoms. The molecule has 1 unspecified atom stereocenters. The van der Waals surface area contributed by atoms with Gasteiger partial charge in [-0.2, -0.15) is 0 Å². The second kappa shape index (κ2) is 10.2. The highest BCUT2D eigenvalue weighted by atomic mass is 28.4. The molecule has 0 fully saturated rings. The van der Waals surface area contributed by atoms with Gasteiger partial charge < -0.3 is 4.43 Å². The van der Waals surface area contributed by atoms with Crippen LogP contribution in [0.2, 0.25) is 37.8 Å². The topological polar surface area (TPSA) is 9.23 Å². The number of hydrogen-bond donors (Lipinski definition) is 0. The Labute approximate surface area is 191 Å². The van der Waals surface area contributed by atoms with Gasteiger partial charge in [-0.05, 0) is 48.2 Å². The summed E-state index contributed by atoms with van der Waals surface area (Å²) in [6, 6.07) is 18.2. The molecule has 0 spiro atoms. The van der Waals surface area contributed by atoms with Crippen molar-refractivity contribution < 1.29 is 4.43 Å². The van der Waals surface area contributed by atoms with E-state index in [-0.39, 0.29) is 11.1 Å². The SMILES string of the molecule is CC(C)(C)[Si](C)(C)OC(C#CC#C[Si](C)(C)C)c1ccccc1C#Cc1ccccc1. The molecule has 0 saturated carbocycles. The number of benzene rings is 2. The van der Waals surface area contributed by atoms with Crippen LogP contribution in [0.4, 0.5) is 0 Å². The monoisotopic (exact) mass is 442 g/mol. The Hall–Kier alpha value is -2.49. The van der Waals surface area contributed by atoms with Gasteiger partial charge >= 0.3 is 0 Å². The van der Waals surface area contributed by atoms with E-state index in [0.29, 0.717) is 0 Å². The minimum atomic E-state index is -2.05. The van der Waals surface area contributed by atoms with Gasteiger partial charge in [0.25, 0.3) is 0 Å². The second-order valence-corrected chi connectivity index (χ2v) is 19.7. The van der Waals surface area contributed by atoms with Crippen LogP contribution in [0.1, 0.15) is 43.6 Å². The van der Waals surface area contributed by atoms with Crippen LogP contribution in [-0.2, 0) is 4.43 Å². The second-order valence-electron chi connectivity index (χ2n) is 10.2. The molecule has 0 aliphatic heterocycles. The molecule has 0 amide bonds. The van der Waals surface area contributed by atoms with Crippen LogP contribution in [-0.4, -0.2) is 16.4 Å². The maximum absolute atomic E-state index is 6.75. The Morgan fingerprint density at radius 3 is 2.00 bits per heavy atom. The van der Waals surface area contributed by atoms with E-state index < -0.39 is 16.4 Å². The summed E-state index contributed by atoms with van der Waals surface area (Å²) in [4.78, 5) is 0. The van der Waals surface area contributed by atoms with E-state index in [1.165, 1.54) is 0 Å². The van der Waals surface area contributed by atoms with Crippen molar-refractivity contribution in [3.8, 4) is 35.1 Å². The summed E-state index contributed by atoms with van der Waals surface area (Å²) in [5, 5.41) is 0.0849. The average molecular weight is 443 g/mol. The van der Waals surface area contributed by atoms with Crippen molar-refractivity contribution in [3.63, 3.8) is 0 Å². The highest BCUT2D eigenvalue weighted by Crippen LogP contribution is 2.40. The summed E-state index contributed by atoms with van der Waals surface area (Å²) < 4.78 is 6.75. The Balaban J connectivity index is 2.50. The van der Waals surface area contributed by atoms with E-state index in [9.17, 15) is 0 Å². The van der Waals surface area contributed by atoms with E-state index in [0.717, 1.165) is 16.7 Å². The molecule has 3 heteroatoms. The van der Waals surface area contributed by atoms with Crippen molar-refractivity contribution in [2.75, 3.05) is 0 Å². The lowest BCUT2D eigenvalue weighted by Crippen LogP contribution is -2.41. The minimum Gasteiger partial charge on any atom is -0.399 e. The Morgan fingerprint density at radius 1 is 0.774 bits per heavy atom. The summed E-state index contributed by atoms with van der Waals surface area (Å²) in [5.74, 6) is 16.1. The summed E-state index contributed by atoms with van der Waals surface area (Å²) in [6.07, 6.45) is -0.349. The molecule has 1 atom stereocenters. The Bertz CT molecular complexity index is 1070. The van der Waals surface area contributed by atoms with Crippen LogP contribution in [0, 0.1) is 35.1 Å². The zero-order chi connectivity index (χ0) is 23.1. The van der Waals surface area contributed by atoms with E-state index in [1.54, 1.807) is 0 Å². The summed E-state index contributed by atoms with van der Waals surface area (Å²) in [7, 11) is -3.51. The van der Waals surface area contributed by atoms with Gasteiger partial charge in [0.1, 0.15) is 14.2 Å². The quantitative estimate of drug-likeness (QED) is 0.366. The Kier molecular flexibility index (Phi) is 8.17. The normalized spacial score (nSPS) is 12.4. The molecule has 0 aliphatic carbocycles. The smallest absolute Gasteiger partial charge is 0.194 e. The molecule has 0 heterocycles. The van der Waals surface area contributed by atoms with Crippen molar-refractivity contribution in [3.05, 3.63) is 71.3 Å². The first-order valence-electron chi connectivity index (χ1n) is 10.8. The van der Waals surface area contributed by atoms with Gasteiger partial charge in [0.2, 0.25) is 0 Å². The van der Waals surface area contributed by atoms with E-state index in [2.05, 4.69) is 94.7 Å². The first-order chi connectivity index (χ1) is 14.4. The van der Waals surface area contributed by atoms with Gasteiger partial charge in [-0.1, -0.05) is 94.6 Å². The summed E-state index contributed by atoms with van der Waals surface area (Å²) in [5.41, 5.74) is 6.28. The molecular weight excluding hydrogens is 408 g/mol. The standard InChI is InChI=1S/C28H34OSi2/c1-28(2,3)31(7,8)29-27(20-14-15-23-30(4,5)6)26-19-13-12-18-25(26)22-21-24-16-10-9-11-17-24/h9-13,16-19,27H,1-8H3. The largest absolute Gasteiger partial charge is 0.399 e. The maximum Gasteiger partial charge on any atom is 0.194 e. The average Bonchev–Trinajstić information content (AvgIpc) is 2.68. The molecule has 31 heavy (non-hydrogen) atoms. The number of rotatable bonds is 3. The molecule has 0 N–H and O–H groups in total. The third kappa shape index (κ3) is 7.93. The van der Waals surface area contributed by atoms with Gasteiger partial charge in [0.15, 0.2) is 8.32 Å². The van der Waals surface area contributed by atoms with Crippen molar-refractivity contribution in [2.24, 2.45) is 0 Å². The van der Waals surface area contributed by atoms with Crippen molar-refractivity contribution in [2.45, 2.75) is 64.6 Å². The third-order valence-electron chi connectivity index (χ3n) is 5.28. The Morgan fingerprint density at radius 2 is 1.39 bits per heavy atom. The fraction of sp³-hybridized carbons (Fsp3) is 0.357. The van der Waals surface area contributed by atoms with Crippen molar-refractivity contribution in [1.82, 2.24) is 0 Å². The summed E-state index contributed by atoms with van der Waals surface area (Å²) in [6.45, 7) is 17.9. The van der Waals surface area contributed by atoms with Crippen molar-refractivity contribution in [1.29, 1.82) is 0 Å². The summed E-state index contributed by atoms with van der Waals surface area (Å²) >= 11 is 0. The minimum absolute atomic E-state index is 0.0849. The fourth-order valence-corrected chi connectivity index (χ4v) is 4.03. The predicted molar refractivity (Wildman–Crippen MR) is 139 cm³/mol. The van der Waals surface area contributed by atoms with Gasteiger partial charge in [-0.3, -0.25) is 0 Å². The predicted octanol–water partition coefficient (Wildman–Crippen LogP) is 7.03. The van der Waals surface area contributed by atoms with Gasteiger partial charge in [0, 0.05) is 16.7 Å². The molecule has 1 nitrogen and oxygen atoms in total. The molecule has 0 saturated heterocycles. The van der Waals surface area contributed by atoms with Crippen LogP contribution in [0.25, 0.3) is 0 Å². The fourth-order valence-electron chi connectivity index (χ4n) is 2.46. The van der Waals surface area contributed by atoms with Crippen LogP contribution in [0.3, 0.4) is 0 Å².